The third kappa shape index (κ3) is 7.00. The molecule has 8 nitrogen and oxygen atoms in total. The Labute approximate surface area is 209 Å². The number of aromatic nitrogens is 3. The number of benzene rings is 1. The lowest BCUT2D eigenvalue weighted by Crippen LogP contribution is -2.31. The average Bonchev–Trinajstić information content (AvgIpc) is 3.60. The fourth-order valence-electron chi connectivity index (χ4n) is 3.51. The van der Waals surface area contributed by atoms with Gasteiger partial charge in [-0.1, -0.05) is 18.2 Å². The van der Waals surface area contributed by atoms with Gasteiger partial charge in [0.25, 0.3) is 11.8 Å². The summed E-state index contributed by atoms with van der Waals surface area (Å²) in [7, 11) is 0. The molecular weight excluding hydrogens is 461 g/mol. The summed E-state index contributed by atoms with van der Waals surface area (Å²) >= 11 is 0. The number of amides is 2. The molecule has 0 aliphatic heterocycles. The van der Waals surface area contributed by atoms with Crippen LogP contribution in [-0.2, 0) is 6.54 Å². The van der Waals surface area contributed by atoms with E-state index in [9.17, 15) is 14.0 Å². The predicted octanol–water partition coefficient (Wildman–Crippen LogP) is 3.84. The van der Waals surface area contributed by atoms with Crippen molar-refractivity contribution < 1.29 is 18.7 Å². The smallest absolute Gasteiger partial charge is 0.269 e. The number of hydrogen-bond donors (Lipinski definition) is 2. The molecule has 0 unspecified atom stereocenters. The number of halogens is 1. The monoisotopic (exact) mass is 491 g/mol. The Hall–Kier alpha value is -4.01. The molecule has 188 valence electrons. The van der Waals surface area contributed by atoms with Gasteiger partial charge in [0.05, 0.1) is 19.3 Å². The van der Waals surface area contributed by atoms with E-state index in [0.29, 0.717) is 42.5 Å². The minimum Gasteiger partial charge on any atom is -0.493 e. The molecule has 0 saturated heterocycles. The largest absolute Gasteiger partial charge is 0.493 e. The van der Waals surface area contributed by atoms with Crippen molar-refractivity contribution >= 4 is 17.9 Å². The zero-order chi connectivity index (χ0) is 25.5. The summed E-state index contributed by atoms with van der Waals surface area (Å²) in [6.07, 6.45) is 11.0. The Morgan fingerprint density at radius 2 is 2.08 bits per heavy atom. The van der Waals surface area contributed by atoms with Gasteiger partial charge in [0.2, 0.25) is 0 Å². The van der Waals surface area contributed by atoms with E-state index < -0.39 is 0 Å². The second-order valence-electron chi connectivity index (χ2n) is 8.89. The van der Waals surface area contributed by atoms with Crippen LogP contribution in [0.3, 0.4) is 0 Å². The molecule has 1 atom stereocenters. The molecule has 2 amide bonds. The summed E-state index contributed by atoms with van der Waals surface area (Å²) in [6.45, 7) is 5.07. The van der Waals surface area contributed by atoms with Crippen LogP contribution in [0.2, 0.25) is 0 Å². The number of pyridine rings is 1. The molecule has 3 aromatic rings. The lowest BCUT2D eigenvalue weighted by atomic mass is 10.2. The summed E-state index contributed by atoms with van der Waals surface area (Å²) in [5, 5.41) is 9.84. The summed E-state index contributed by atoms with van der Waals surface area (Å²) in [4.78, 5) is 28.5. The topological polar surface area (TPSA) is 98.1 Å². The number of ether oxygens (including phenoxy) is 1. The van der Waals surface area contributed by atoms with Crippen molar-refractivity contribution in [2.75, 3.05) is 13.2 Å². The number of carbonyl (C=O) groups excluding carboxylic acids is 2. The molecule has 1 fully saturated rings. The van der Waals surface area contributed by atoms with Gasteiger partial charge in [0.1, 0.15) is 17.3 Å². The van der Waals surface area contributed by atoms with E-state index in [0.717, 1.165) is 5.56 Å². The average molecular weight is 492 g/mol. The van der Waals surface area contributed by atoms with Crippen molar-refractivity contribution in [3.05, 3.63) is 83.2 Å². The van der Waals surface area contributed by atoms with Crippen molar-refractivity contribution in [1.82, 2.24) is 25.4 Å². The van der Waals surface area contributed by atoms with Crippen LogP contribution in [0.15, 0.2) is 55.0 Å². The molecule has 0 radical (unpaired) electrons. The number of nitrogens with one attached hydrogen (secondary N) is 2. The Morgan fingerprint density at radius 1 is 1.25 bits per heavy atom. The Bertz CT molecular complexity index is 1250. The molecular formula is C27H30FN5O3. The molecule has 1 aromatic carbocycles. The first-order valence-electron chi connectivity index (χ1n) is 12.1. The van der Waals surface area contributed by atoms with Crippen molar-refractivity contribution in [2.45, 2.75) is 39.3 Å². The third-order valence-corrected chi connectivity index (χ3v) is 5.72. The number of rotatable bonds is 11. The maximum absolute atomic E-state index is 14.5. The van der Waals surface area contributed by atoms with Gasteiger partial charge >= 0.3 is 0 Å². The fourth-order valence-corrected chi connectivity index (χ4v) is 3.51. The molecule has 1 aliphatic rings. The Morgan fingerprint density at radius 3 is 2.83 bits per heavy atom. The van der Waals surface area contributed by atoms with Crippen molar-refractivity contribution in [3.8, 4) is 5.75 Å². The molecule has 2 heterocycles. The summed E-state index contributed by atoms with van der Waals surface area (Å²) in [6, 6.07) is 7.69. The van der Waals surface area contributed by atoms with Gasteiger partial charge in [-0.2, -0.15) is 5.10 Å². The number of nitrogens with zero attached hydrogens (tertiary/aromatic N) is 3. The minimum atomic E-state index is -0.324. The van der Waals surface area contributed by atoms with Crippen molar-refractivity contribution in [1.29, 1.82) is 0 Å². The zero-order valence-corrected chi connectivity index (χ0v) is 20.4. The van der Waals surface area contributed by atoms with Crippen LogP contribution in [0.25, 0.3) is 6.08 Å². The first-order valence-corrected chi connectivity index (χ1v) is 12.1. The molecule has 2 N–H and O–H groups in total. The van der Waals surface area contributed by atoms with E-state index in [1.165, 1.54) is 31.2 Å². The van der Waals surface area contributed by atoms with Gasteiger partial charge in [-0.15, -0.1) is 0 Å². The number of hydrogen-bond acceptors (Lipinski definition) is 5. The highest BCUT2D eigenvalue weighted by atomic mass is 19.1. The second kappa shape index (κ2) is 11.6. The quantitative estimate of drug-likeness (QED) is 0.425. The molecule has 9 heteroatoms. The van der Waals surface area contributed by atoms with E-state index in [1.807, 2.05) is 32.2 Å². The summed E-state index contributed by atoms with van der Waals surface area (Å²) in [5.74, 6) is 0.210. The van der Waals surface area contributed by atoms with Gasteiger partial charge < -0.3 is 15.4 Å². The van der Waals surface area contributed by atoms with E-state index in [2.05, 4.69) is 20.7 Å². The fraction of sp³-hybridized carbons (Fsp3) is 0.333. The van der Waals surface area contributed by atoms with Gasteiger partial charge in [0, 0.05) is 47.7 Å². The van der Waals surface area contributed by atoms with E-state index in [-0.39, 0.29) is 29.4 Å². The first-order chi connectivity index (χ1) is 17.4. The highest BCUT2D eigenvalue weighted by Crippen LogP contribution is 2.30. The van der Waals surface area contributed by atoms with E-state index in [1.54, 1.807) is 29.1 Å². The van der Waals surface area contributed by atoms with Gasteiger partial charge in [-0.05, 0) is 50.8 Å². The third-order valence-electron chi connectivity index (χ3n) is 5.72. The second-order valence-corrected chi connectivity index (χ2v) is 8.89. The van der Waals surface area contributed by atoms with Crippen LogP contribution in [-0.4, -0.2) is 45.8 Å². The Balaban J connectivity index is 1.30. The van der Waals surface area contributed by atoms with Crippen LogP contribution in [0, 0.1) is 11.7 Å². The highest BCUT2D eigenvalue weighted by molar-refractivity contribution is 5.98. The van der Waals surface area contributed by atoms with Crippen LogP contribution in [0.1, 0.15) is 58.7 Å². The maximum atomic E-state index is 14.5. The van der Waals surface area contributed by atoms with Crippen LogP contribution in [0.5, 0.6) is 5.75 Å². The molecule has 2 aromatic heterocycles. The lowest BCUT2D eigenvalue weighted by Gasteiger charge is -2.10. The van der Waals surface area contributed by atoms with E-state index >= 15 is 0 Å². The van der Waals surface area contributed by atoms with Crippen LogP contribution < -0.4 is 15.4 Å². The predicted molar refractivity (Wildman–Crippen MR) is 134 cm³/mol. The highest BCUT2D eigenvalue weighted by Gasteiger charge is 2.22. The molecule has 0 bridgehead atoms. The first kappa shape index (κ1) is 25.1. The zero-order valence-electron chi connectivity index (χ0n) is 20.4. The van der Waals surface area contributed by atoms with Crippen molar-refractivity contribution in [3.63, 3.8) is 0 Å². The van der Waals surface area contributed by atoms with Gasteiger partial charge in [-0.3, -0.25) is 19.3 Å². The Kier molecular flexibility index (Phi) is 8.10. The van der Waals surface area contributed by atoms with Crippen molar-refractivity contribution in [2.24, 2.45) is 5.92 Å². The normalized spacial score (nSPS) is 14.0. The summed E-state index contributed by atoms with van der Waals surface area (Å²) in [5.41, 5.74) is 1.89. The molecule has 4 rings (SSSR count). The van der Waals surface area contributed by atoms with Gasteiger partial charge in [-0.25, -0.2) is 4.39 Å². The maximum Gasteiger partial charge on any atom is 0.269 e. The van der Waals surface area contributed by atoms with E-state index in [4.69, 9.17) is 4.74 Å². The molecule has 0 spiro atoms. The van der Waals surface area contributed by atoms with Crippen LogP contribution >= 0.6 is 0 Å². The molecule has 1 saturated carbocycles. The minimum absolute atomic E-state index is 0.192. The lowest BCUT2D eigenvalue weighted by molar-refractivity contribution is 0.0947. The SMILES string of the molecule is CCNC(=O)c1cc(C(=O)N[C@@H](C)/C=C/c2cnn(Cc3ccc(OCC4CC4)cc3F)c2)ccn1. The standard InChI is InChI=1S/C27H30FN5O3/c1-3-29-27(35)25-12-21(10-11-30-25)26(34)32-18(2)4-5-20-14-31-33(15-20)16-22-8-9-23(13-24(22)28)36-17-19-6-7-19/h4-5,8-15,18-19H,3,6-7,16-17H2,1-2H3,(H,29,35)(H,32,34)/b5-4+/t18-/m0/s1. The summed E-state index contributed by atoms with van der Waals surface area (Å²) < 4.78 is 21.8. The van der Waals surface area contributed by atoms with Crippen LogP contribution in [0.4, 0.5) is 4.39 Å². The van der Waals surface area contributed by atoms with Gasteiger partial charge in [0.15, 0.2) is 0 Å². The molecule has 36 heavy (non-hydrogen) atoms. The number of carbonyl (C=O) groups is 2. The molecule has 1 aliphatic carbocycles.